The second kappa shape index (κ2) is 5.58. The zero-order chi connectivity index (χ0) is 12.8. The van der Waals surface area contributed by atoms with Crippen molar-refractivity contribution in [3.05, 3.63) is 33.9 Å². The van der Waals surface area contributed by atoms with Crippen LogP contribution >= 0.6 is 0 Å². The topological polar surface area (TPSA) is 108 Å². The van der Waals surface area contributed by atoms with Crippen LogP contribution in [-0.2, 0) is 4.79 Å². The van der Waals surface area contributed by atoms with Crippen molar-refractivity contribution in [1.29, 1.82) is 5.26 Å². The summed E-state index contributed by atoms with van der Waals surface area (Å²) in [6.45, 7) is 0.0527. The monoisotopic (exact) mass is 234 g/mol. The number of nitrogens with zero attached hydrogens (tertiary/aromatic N) is 2. The highest BCUT2D eigenvalue weighted by atomic mass is 16.6. The van der Waals surface area contributed by atoms with E-state index < -0.39 is 4.92 Å². The van der Waals surface area contributed by atoms with E-state index in [1.165, 1.54) is 12.1 Å². The van der Waals surface area contributed by atoms with Gasteiger partial charge < -0.3 is 10.6 Å². The van der Waals surface area contributed by atoms with E-state index in [0.29, 0.717) is 0 Å². The molecule has 0 saturated heterocycles. The molecule has 0 aromatic heterocycles. The minimum Gasteiger partial charge on any atom is -0.319 e. The van der Waals surface area contributed by atoms with Crippen molar-refractivity contribution in [3.63, 3.8) is 0 Å². The maximum Gasteiger partial charge on any atom is 0.294 e. The molecule has 7 heteroatoms. The lowest BCUT2D eigenvalue weighted by atomic mass is 10.2. The Hall–Kier alpha value is -2.46. The fraction of sp³-hybridized carbons (Fsp3) is 0.200. The molecule has 7 nitrogen and oxygen atoms in total. The largest absolute Gasteiger partial charge is 0.319 e. The second-order valence-corrected chi connectivity index (χ2v) is 3.18. The first-order valence-corrected chi connectivity index (χ1v) is 4.71. The maximum absolute atomic E-state index is 11.3. The van der Waals surface area contributed by atoms with Crippen LogP contribution in [0.15, 0.2) is 18.2 Å². The van der Waals surface area contributed by atoms with Gasteiger partial charge in [0.15, 0.2) is 0 Å². The maximum atomic E-state index is 11.3. The van der Waals surface area contributed by atoms with Crippen LogP contribution < -0.4 is 10.6 Å². The van der Waals surface area contributed by atoms with Crippen LogP contribution in [0.25, 0.3) is 0 Å². The first-order valence-electron chi connectivity index (χ1n) is 4.71. The number of rotatable bonds is 4. The van der Waals surface area contributed by atoms with Gasteiger partial charge >= 0.3 is 0 Å². The third kappa shape index (κ3) is 3.25. The van der Waals surface area contributed by atoms with E-state index >= 15 is 0 Å². The van der Waals surface area contributed by atoms with Crippen LogP contribution in [0, 0.1) is 21.4 Å². The predicted molar refractivity (Wildman–Crippen MR) is 60.4 cm³/mol. The molecule has 0 aliphatic carbocycles. The first kappa shape index (κ1) is 12.6. The van der Waals surface area contributed by atoms with Gasteiger partial charge in [0, 0.05) is 6.07 Å². The number of likely N-dealkylation sites (N-methyl/N-ethyl adjacent to an activating group) is 1. The van der Waals surface area contributed by atoms with Crippen LogP contribution in [0.1, 0.15) is 5.56 Å². The number of carbonyl (C=O) groups excluding carboxylic acids is 1. The summed E-state index contributed by atoms with van der Waals surface area (Å²) < 4.78 is 0. The third-order valence-corrected chi connectivity index (χ3v) is 1.93. The summed E-state index contributed by atoms with van der Waals surface area (Å²) in [5.74, 6) is -0.389. The normalized spacial score (nSPS) is 9.41. The van der Waals surface area contributed by atoms with Gasteiger partial charge in [0.05, 0.1) is 23.1 Å². The number of hydrogen-bond donors (Lipinski definition) is 2. The molecule has 1 amide bonds. The van der Waals surface area contributed by atoms with E-state index in [0.717, 1.165) is 6.07 Å². The van der Waals surface area contributed by atoms with Crippen LogP contribution in [0.3, 0.4) is 0 Å². The number of nitrogens with one attached hydrogen (secondary N) is 2. The number of benzene rings is 1. The standard InChI is InChI=1S/C10H10N4O3/c1-12-6-10(15)13-8-3-2-7(5-11)4-9(8)14(16)17/h2-4,12H,6H2,1H3,(H,13,15). The van der Waals surface area contributed by atoms with Crippen LogP contribution in [0.2, 0.25) is 0 Å². The molecule has 1 aromatic carbocycles. The lowest BCUT2D eigenvalue weighted by Crippen LogP contribution is -2.25. The number of nitriles is 1. The van der Waals surface area contributed by atoms with Gasteiger partial charge in [-0.3, -0.25) is 14.9 Å². The molecule has 1 rings (SSSR count). The summed E-state index contributed by atoms with van der Waals surface area (Å²) in [6, 6.07) is 5.66. The molecule has 0 spiro atoms. The molecule has 17 heavy (non-hydrogen) atoms. The molecule has 0 aliphatic heterocycles. The Morgan fingerprint density at radius 2 is 2.29 bits per heavy atom. The number of carbonyl (C=O) groups is 1. The van der Waals surface area contributed by atoms with Gasteiger partial charge in [-0.25, -0.2) is 0 Å². The molecule has 0 aliphatic rings. The summed E-state index contributed by atoms with van der Waals surface area (Å²) in [5, 5.41) is 24.4. The van der Waals surface area contributed by atoms with E-state index in [9.17, 15) is 14.9 Å². The van der Waals surface area contributed by atoms with Crippen LogP contribution in [-0.4, -0.2) is 24.4 Å². The molecule has 88 valence electrons. The third-order valence-electron chi connectivity index (χ3n) is 1.93. The van der Waals surface area contributed by atoms with Crippen LogP contribution in [0.5, 0.6) is 0 Å². The van der Waals surface area contributed by atoms with E-state index in [-0.39, 0.29) is 29.4 Å². The van der Waals surface area contributed by atoms with E-state index in [4.69, 9.17) is 5.26 Å². The lowest BCUT2D eigenvalue weighted by Gasteiger charge is -2.05. The van der Waals surface area contributed by atoms with Gasteiger partial charge in [-0.1, -0.05) is 0 Å². The lowest BCUT2D eigenvalue weighted by molar-refractivity contribution is -0.383. The summed E-state index contributed by atoms with van der Waals surface area (Å²) in [5.41, 5.74) is -0.0499. The van der Waals surface area contributed by atoms with Gasteiger partial charge in [-0.15, -0.1) is 0 Å². The fourth-order valence-corrected chi connectivity index (χ4v) is 1.21. The van der Waals surface area contributed by atoms with Crippen molar-refractivity contribution >= 4 is 17.3 Å². The average molecular weight is 234 g/mol. The van der Waals surface area contributed by atoms with E-state index in [2.05, 4.69) is 10.6 Å². The fourth-order valence-electron chi connectivity index (χ4n) is 1.21. The number of amides is 1. The van der Waals surface area contributed by atoms with Crippen molar-refractivity contribution < 1.29 is 9.72 Å². The molecule has 0 saturated carbocycles. The van der Waals surface area contributed by atoms with Gasteiger partial charge in [0.1, 0.15) is 5.69 Å². The van der Waals surface area contributed by atoms with Gasteiger partial charge in [0.2, 0.25) is 5.91 Å². The molecule has 0 bridgehead atoms. The molecule has 0 radical (unpaired) electrons. The van der Waals surface area contributed by atoms with Crippen molar-refractivity contribution in [2.75, 3.05) is 18.9 Å². The van der Waals surface area contributed by atoms with Gasteiger partial charge in [0.25, 0.3) is 5.69 Å². The number of nitro groups is 1. The smallest absolute Gasteiger partial charge is 0.294 e. The quantitative estimate of drug-likeness (QED) is 0.586. The molecule has 0 heterocycles. The number of nitro benzene ring substituents is 1. The molecule has 0 atom stereocenters. The Labute approximate surface area is 97.2 Å². The molecule has 2 N–H and O–H groups in total. The highest BCUT2D eigenvalue weighted by Crippen LogP contribution is 2.25. The highest BCUT2D eigenvalue weighted by Gasteiger charge is 2.16. The van der Waals surface area contributed by atoms with Gasteiger partial charge in [-0.2, -0.15) is 5.26 Å². The van der Waals surface area contributed by atoms with E-state index in [1.807, 2.05) is 0 Å². The van der Waals surface area contributed by atoms with Crippen molar-refractivity contribution in [2.24, 2.45) is 0 Å². The predicted octanol–water partition coefficient (Wildman–Crippen LogP) is 0.624. The zero-order valence-electron chi connectivity index (χ0n) is 9.06. The average Bonchev–Trinajstić information content (AvgIpc) is 2.29. The highest BCUT2D eigenvalue weighted by molar-refractivity contribution is 5.94. The zero-order valence-corrected chi connectivity index (χ0v) is 9.06. The van der Waals surface area contributed by atoms with E-state index in [1.54, 1.807) is 13.1 Å². The van der Waals surface area contributed by atoms with Crippen molar-refractivity contribution in [1.82, 2.24) is 5.32 Å². The van der Waals surface area contributed by atoms with Crippen molar-refractivity contribution in [2.45, 2.75) is 0 Å². The molecule has 1 aromatic rings. The molecular formula is C10H10N4O3. The Bertz CT molecular complexity index is 493. The molecule has 0 unspecified atom stereocenters. The second-order valence-electron chi connectivity index (χ2n) is 3.18. The SMILES string of the molecule is CNCC(=O)Nc1ccc(C#N)cc1[N+](=O)[O-]. The first-order chi connectivity index (χ1) is 8.08. The molecular weight excluding hydrogens is 224 g/mol. The van der Waals surface area contributed by atoms with Crippen molar-refractivity contribution in [3.8, 4) is 6.07 Å². The summed E-state index contributed by atoms with van der Waals surface area (Å²) in [6.07, 6.45) is 0. The number of hydrogen-bond acceptors (Lipinski definition) is 5. The minimum atomic E-state index is -0.643. The molecule has 0 fully saturated rings. The minimum absolute atomic E-state index is 0.0527. The Kier molecular flexibility index (Phi) is 4.14. The summed E-state index contributed by atoms with van der Waals surface area (Å²) in [7, 11) is 1.59. The Morgan fingerprint density at radius 3 is 2.82 bits per heavy atom. The van der Waals surface area contributed by atoms with Gasteiger partial charge in [-0.05, 0) is 19.2 Å². The van der Waals surface area contributed by atoms with Crippen LogP contribution in [0.4, 0.5) is 11.4 Å². The summed E-state index contributed by atoms with van der Waals surface area (Å²) in [4.78, 5) is 21.4. The number of anilines is 1. The Balaban J connectivity index is 3.03. The summed E-state index contributed by atoms with van der Waals surface area (Å²) >= 11 is 0. The Morgan fingerprint density at radius 1 is 1.59 bits per heavy atom.